The third-order valence-electron chi connectivity index (χ3n) is 2.93. The third kappa shape index (κ3) is 4.91. The van der Waals surface area contributed by atoms with Gasteiger partial charge < -0.3 is 4.74 Å². The molecule has 0 aliphatic carbocycles. The minimum atomic E-state index is -0.625. The Bertz CT molecular complexity index is 499. The highest BCUT2D eigenvalue weighted by Gasteiger charge is 2.38. The van der Waals surface area contributed by atoms with E-state index in [1.807, 2.05) is 13.8 Å². The van der Waals surface area contributed by atoms with Crippen LogP contribution in [0.25, 0.3) is 0 Å². The number of carbonyl (C=O) groups is 1. The highest BCUT2D eigenvalue weighted by molar-refractivity contribution is 8.17. The number of thioether (sulfide) groups is 2. The van der Waals surface area contributed by atoms with Gasteiger partial charge in [-0.25, -0.2) is 4.79 Å². The third-order valence-corrected chi connectivity index (χ3v) is 5.87. The highest BCUT2D eigenvalue weighted by atomic mass is 32.2. The standard InChI is InChI=1S/C15H21NO4S2/c1-4-20-14(17)12-7-9-13(10-8-12)15(21-5-2,22-6-3)11-16(18)19/h7-10H,4-6,11H2,1-3H3. The van der Waals surface area contributed by atoms with Gasteiger partial charge in [0.2, 0.25) is 6.54 Å². The molecule has 122 valence electrons. The van der Waals surface area contributed by atoms with Gasteiger partial charge >= 0.3 is 5.97 Å². The van der Waals surface area contributed by atoms with Crippen molar-refractivity contribution in [1.29, 1.82) is 0 Å². The molecule has 0 atom stereocenters. The Morgan fingerprint density at radius 3 is 2.14 bits per heavy atom. The van der Waals surface area contributed by atoms with Gasteiger partial charge in [0, 0.05) is 4.92 Å². The molecule has 0 aromatic heterocycles. The van der Waals surface area contributed by atoms with Crippen LogP contribution in [0, 0.1) is 10.1 Å². The fourth-order valence-electron chi connectivity index (χ4n) is 2.10. The molecule has 1 aromatic rings. The first-order valence-electron chi connectivity index (χ1n) is 7.16. The molecule has 0 aliphatic rings. The quantitative estimate of drug-likeness (QED) is 0.294. The Morgan fingerprint density at radius 2 is 1.73 bits per heavy atom. The lowest BCUT2D eigenvalue weighted by Gasteiger charge is -2.28. The zero-order valence-electron chi connectivity index (χ0n) is 13.0. The van der Waals surface area contributed by atoms with Gasteiger partial charge in [-0.1, -0.05) is 26.0 Å². The molecule has 22 heavy (non-hydrogen) atoms. The SMILES string of the molecule is CCOC(=O)c1ccc(C(C[N+](=O)[O-])(SCC)SCC)cc1. The van der Waals surface area contributed by atoms with Crippen molar-refractivity contribution in [2.45, 2.75) is 24.9 Å². The van der Waals surface area contributed by atoms with E-state index in [0.717, 1.165) is 17.1 Å². The van der Waals surface area contributed by atoms with Crippen LogP contribution in [-0.4, -0.2) is 35.5 Å². The summed E-state index contributed by atoms with van der Waals surface area (Å²) in [6.07, 6.45) is 0. The number of rotatable bonds is 9. The molecule has 5 nitrogen and oxygen atoms in total. The van der Waals surface area contributed by atoms with Gasteiger partial charge in [-0.15, -0.1) is 23.5 Å². The van der Waals surface area contributed by atoms with Gasteiger partial charge in [0.15, 0.2) is 4.08 Å². The van der Waals surface area contributed by atoms with Crippen molar-refractivity contribution in [2.24, 2.45) is 0 Å². The van der Waals surface area contributed by atoms with Gasteiger partial charge in [0.1, 0.15) is 0 Å². The molecule has 0 amide bonds. The van der Waals surface area contributed by atoms with Crippen LogP contribution in [-0.2, 0) is 8.82 Å². The number of nitro groups is 1. The summed E-state index contributed by atoms with van der Waals surface area (Å²) in [5, 5.41) is 11.1. The van der Waals surface area contributed by atoms with E-state index in [1.54, 1.807) is 54.7 Å². The minimum Gasteiger partial charge on any atom is -0.462 e. The molecule has 0 N–H and O–H groups in total. The molecule has 0 bridgehead atoms. The Labute approximate surface area is 139 Å². The second-order valence-electron chi connectivity index (χ2n) is 4.41. The number of ether oxygens (including phenoxy) is 1. The fourth-order valence-corrected chi connectivity index (χ4v) is 5.07. The summed E-state index contributed by atoms with van der Waals surface area (Å²) in [7, 11) is 0. The summed E-state index contributed by atoms with van der Waals surface area (Å²) < 4.78 is 4.33. The van der Waals surface area contributed by atoms with E-state index >= 15 is 0 Å². The molecule has 0 radical (unpaired) electrons. The molecule has 0 saturated carbocycles. The van der Waals surface area contributed by atoms with E-state index < -0.39 is 4.08 Å². The predicted molar refractivity (Wildman–Crippen MR) is 92.2 cm³/mol. The highest BCUT2D eigenvalue weighted by Crippen LogP contribution is 2.46. The molecule has 0 saturated heterocycles. The van der Waals surface area contributed by atoms with Crippen LogP contribution in [0.3, 0.4) is 0 Å². The van der Waals surface area contributed by atoms with Gasteiger partial charge in [0.25, 0.3) is 0 Å². The first kappa shape index (κ1) is 18.8. The van der Waals surface area contributed by atoms with Crippen LogP contribution in [0.2, 0.25) is 0 Å². The molecule has 7 heteroatoms. The Balaban J connectivity index is 3.13. The maximum atomic E-state index is 11.7. The summed E-state index contributed by atoms with van der Waals surface area (Å²) in [5.41, 5.74) is 1.32. The van der Waals surface area contributed by atoms with Crippen molar-refractivity contribution in [3.63, 3.8) is 0 Å². The second-order valence-corrected chi connectivity index (χ2v) is 7.79. The first-order chi connectivity index (χ1) is 10.5. The van der Waals surface area contributed by atoms with Crippen molar-refractivity contribution < 1.29 is 14.5 Å². The monoisotopic (exact) mass is 343 g/mol. The van der Waals surface area contributed by atoms with Crippen LogP contribution < -0.4 is 0 Å². The largest absolute Gasteiger partial charge is 0.462 e. The van der Waals surface area contributed by atoms with Crippen molar-refractivity contribution in [3.05, 3.63) is 45.5 Å². The normalized spacial score (nSPS) is 11.2. The summed E-state index contributed by atoms with van der Waals surface area (Å²) in [4.78, 5) is 22.5. The predicted octanol–water partition coefficient (Wildman–Crippen LogP) is 3.80. The van der Waals surface area contributed by atoms with E-state index in [4.69, 9.17) is 4.74 Å². The number of hydrogen-bond acceptors (Lipinski definition) is 6. The average Bonchev–Trinajstić information content (AvgIpc) is 2.47. The first-order valence-corrected chi connectivity index (χ1v) is 9.13. The van der Waals surface area contributed by atoms with E-state index in [9.17, 15) is 14.9 Å². The number of nitrogens with zero attached hydrogens (tertiary/aromatic N) is 1. The van der Waals surface area contributed by atoms with Crippen LogP contribution in [0.1, 0.15) is 36.7 Å². The maximum Gasteiger partial charge on any atom is 0.338 e. The van der Waals surface area contributed by atoms with E-state index in [-0.39, 0.29) is 17.4 Å². The number of hydrogen-bond donors (Lipinski definition) is 0. The summed E-state index contributed by atoms with van der Waals surface area (Å²) in [5.74, 6) is 1.18. The van der Waals surface area contributed by atoms with Crippen LogP contribution >= 0.6 is 23.5 Å². The summed E-state index contributed by atoms with van der Waals surface area (Å²) >= 11 is 3.12. The Hall–Kier alpha value is -1.21. The smallest absolute Gasteiger partial charge is 0.338 e. The van der Waals surface area contributed by atoms with E-state index in [1.165, 1.54) is 0 Å². The van der Waals surface area contributed by atoms with Crippen LogP contribution in [0.15, 0.2) is 24.3 Å². The topological polar surface area (TPSA) is 69.4 Å². The van der Waals surface area contributed by atoms with Gasteiger partial charge in [-0.2, -0.15) is 0 Å². The zero-order chi connectivity index (χ0) is 16.6. The summed E-state index contributed by atoms with van der Waals surface area (Å²) in [6.45, 7) is 5.90. The Kier molecular flexibility index (Phi) is 7.75. The Morgan fingerprint density at radius 1 is 1.18 bits per heavy atom. The van der Waals surface area contributed by atoms with Crippen molar-refractivity contribution in [3.8, 4) is 0 Å². The van der Waals surface area contributed by atoms with Crippen LogP contribution in [0.4, 0.5) is 0 Å². The molecular formula is C15H21NO4S2. The molecule has 0 fully saturated rings. The van der Waals surface area contributed by atoms with Gasteiger partial charge in [-0.05, 0) is 36.1 Å². The molecule has 0 spiro atoms. The van der Waals surface area contributed by atoms with Gasteiger partial charge in [-0.3, -0.25) is 10.1 Å². The second kappa shape index (κ2) is 9.05. The molecule has 0 unspecified atom stereocenters. The molecule has 1 aromatic carbocycles. The van der Waals surface area contributed by atoms with Gasteiger partial charge in [0.05, 0.1) is 12.2 Å². The number of benzene rings is 1. The van der Waals surface area contributed by atoms with E-state index in [2.05, 4.69) is 0 Å². The summed E-state index contributed by atoms with van der Waals surface area (Å²) in [6, 6.07) is 6.94. The molecule has 0 heterocycles. The maximum absolute atomic E-state index is 11.7. The molecule has 1 rings (SSSR count). The van der Waals surface area contributed by atoms with Crippen LogP contribution in [0.5, 0.6) is 0 Å². The fraction of sp³-hybridized carbons (Fsp3) is 0.533. The lowest BCUT2D eigenvalue weighted by molar-refractivity contribution is -0.481. The lowest BCUT2D eigenvalue weighted by Crippen LogP contribution is -2.28. The van der Waals surface area contributed by atoms with Crippen molar-refractivity contribution >= 4 is 29.5 Å². The average molecular weight is 343 g/mol. The zero-order valence-corrected chi connectivity index (χ0v) is 14.7. The van der Waals surface area contributed by atoms with Crippen molar-refractivity contribution in [2.75, 3.05) is 24.7 Å². The molecular weight excluding hydrogens is 322 g/mol. The lowest BCUT2D eigenvalue weighted by atomic mass is 10.1. The molecule has 0 aliphatic heterocycles. The van der Waals surface area contributed by atoms with Crippen molar-refractivity contribution in [1.82, 2.24) is 0 Å². The van der Waals surface area contributed by atoms with E-state index in [0.29, 0.717) is 12.2 Å². The number of carbonyl (C=O) groups excluding carboxylic acids is 1. The number of esters is 1. The minimum absolute atomic E-state index is 0.150.